The largest absolute Gasteiger partial charge is 0.413 e. The van der Waals surface area contributed by atoms with Crippen LogP contribution in [0.4, 0.5) is 13.2 Å². The molecule has 9 heteroatoms. The molecule has 0 aromatic heterocycles. The molecule has 2 unspecified atom stereocenters. The number of benzene rings is 2. The van der Waals surface area contributed by atoms with Gasteiger partial charge in [0.05, 0.1) is 38.4 Å². The number of piperazine rings is 1. The molecule has 1 amide bonds. The standard InChI is InChI=1S/C32H40F3N3O3/c1-25-12-13-27(20-26(25)2)21-31(32(33,34)35)22-36(16-17-38(31)29(39)28-10-6-5-7-11-28)14-8-9-15-37-18-19-41-24-30(37,3)23-40-4/h5-7,10-13,20H,14-19,21-24H2,1-4H3. The first-order valence-electron chi connectivity index (χ1n) is 14.0. The predicted molar refractivity (Wildman–Crippen MR) is 153 cm³/mol. The van der Waals surface area contributed by atoms with Crippen molar-refractivity contribution in [3.05, 3.63) is 70.8 Å². The van der Waals surface area contributed by atoms with E-state index in [0.29, 0.717) is 45.0 Å². The van der Waals surface area contributed by atoms with E-state index in [1.54, 1.807) is 54.5 Å². The van der Waals surface area contributed by atoms with Crippen LogP contribution in [0.25, 0.3) is 0 Å². The highest BCUT2D eigenvalue weighted by Gasteiger charge is 2.61. The SMILES string of the molecule is COCC1(C)COCCN1CC#CCN1CCN(C(=O)c2ccccc2)C(Cc2ccc(C)c(C)c2)(C(F)(F)F)C1. The topological polar surface area (TPSA) is 45.3 Å². The van der Waals surface area contributed by atoms with Gasteiger partial charge >= 0.3 is 6.18 Å². The Morgan fingerprint density at radius 1 is 1.02 bits per heavy atom. The molecule has 2 aliphatic heterocycles. The van der Waals surface area contributed by atoms with Gasteiger partial charge in [0.2, 0.25) is 0 Å². The fraction of sp³-hybridized carbons (Fsp3) is 0.531. The second kappa shape index (κ2) is 13.0. The minimum absolute atomic E-state index is 0.0465. The van der Waals surface area contributed by atoms with Gasteiger partial charge < -0.3 is 14.4 Å². The van der Waals surface area contributed by atoms with E-state index < -0.39 is 17.6 Å². The Morgan fingerprint density at radius 2 is 1.76 bits per heavy atom. The van der Waals surface area contributed by atoms with Crippen LogP contribution in [0.2, 0.25) is 0 Å². The molecule has 2 aliphatic rings. The van der Waals surface area contributed by atoms with Gasteiger partial charge in [-0.2, -0.15) is 13.2 Å². The third-order valence-corrected chi connectivity index (χ3v) is 8.34. The van der Waals surface area contributed by atoms with Crippen molar-refractivity contribution in [3.8, 4) is 11.8 Å². The van der Waals surface area contributed by atoms with Crippen LogP contribution in [0.3, 0.4) is 0 Å². The number of carbonyl (C=O) groups excluding carboxylic acids is 1. The Balaban J connectivity index is 1.60. The fourth-order valence-electron chi connectivity index (χ4n) is 5.76. The average Bonchev–Trinajstić information content (AvgIpc) is 2.94. The maximum absolute atomic E-state index is 15.3. The second-order valence-corrected chi connectivity index (χ2v) is 11.4. The van der Waals surface area contributed by atoms with Gasteiger partial charge in [0, 0.05) is 45.3 Å². The van der Waals surface area contributed by atoms with Gasteiger partial charge in [0.15, 0.2) is 5.54 Å². The summed E-state index contributed by atoms with van der Waals surface area (Å²) in [6, 6.07) is 13.6. The van der Waals surface area contributed by atoms with Crippen LogP contribution in [0.15, 0.2) is 48.5 Å². The molecule has 0 saturated carbocycles. The summed E-state index contributed by atoms with van der Waals surface area (Å²) in [5, 5.41) is 0. The summed E-state index contributed by atoms with van der Waals surface area (Å²) < 4.78 is 56.8. The first kappa shape index (κ1) is 31.0. The predicted octanol–water partition coefficient (Wildman–Crippen LogP) is 4.35. The molecule has 222 valence electrons. The maximum Gasteiger partial charge on any atom is 0.413 e. The summed E-state index contributed by atoms with van der Waals surface area (Å²) >= 11 is 0. The Bertz CT molecular complexity index is 1260. The normalized spacial score (nSPS) is 24.1. The van der Waals surface area contributed by atoms with Crippen molar-refractivity contribution in [1.82, 2.24) is 14.7 Å². The summed E-state index contributed by atoms with van der Waals surface area (Å²) in [6.45, 7) is 8.79. The molecule has 2 aromatic carbocycles. The first-order valence-corrected chi connectivity index (χ1v) is 14.0. The first-order chi connectivity index (χ1) is 19.5. The third kappa shape index (κ3) is 6.95. The van der Waals surface area contributed by atoms with E-state index in [-0.39, 0.29) is 37.2 Å². The maximum atomic E-state index is 15.3. The Kier molecular flexibility index (Phi) is 9.81. The Hall–Kier alpha value is -2.90. The second-order valence-electron chi connectivity index (χ2n) is 11.4. The number of carbonyl (C=O) groups is 1. The lowest BCUT2D eigenvalue weighted by molar-refractivity contribution is -0.237. The zero-order valence-corrected chi connectivity index (χ0v) is 24.4. The molecular weight excluding hydrogens is 531 g/mol. The van der Waals surface area contributed by atoms with E-state index in [1.807, 2.05) is 19.9 Å². The monoisotopic (exact) mass is 571 g/mol. The molecule has 0 bridgehead atoms. The van der Waals surface area contributed by atoms with Gasteiger partial charge in [-0.1, -0.05) is 48.2 Å². The molecule has 0 spiro atoms. The van der Waals surface area contributed by atoms with Gasteiger partial charge in [-0.3, -0.25) is 14.6 Å². The molecule has 2 aromatic rings. The van der Waals surface area contributed by atoms with Crippen LogP contribution in [-0.4, -0.2) is 104 Å². The molecule has 0 radical (unpaired) electrons. The number of aryl methyl sites for hydroxylation is 2. The summed E-state index contributed by atoms with van der Waals surface area (Å²) in [4.78, 5) is 18.6. The van der Waals surface area contributed by atoms with E-state index >= 15 is 13.2 Å². The van der Waals surface area contributed by atoms with Crippen LogP contribution >= 0.6 is 0 Å². The number of hydrogen-bond donors (Lipinski definition) is 0. The smallest absolute Gasteiger partial charge is 0.383 e. The highest BCUT2D eigenvalue weighted by Crippen LogP contribution is 2.42. The molecule has 0 N–H and O–H groups in total. The lowest BCUT2D eigenvalue weighted by atomic mass is 9.84. The highest BCUT2D eigenvalue weighted by atomic mass is 19.4. The number of ether oxygens (including phenoxy) is 2. The fourth-order valence-corrected chi connectivity index (χ4v) is 5.76. The summed E-state index contributed by atoms with van der Waals surface area (Å²) in [5.74, 6) is 5.67. The van der Waals surface area contributed by atoms with Crippen molar-refractivity contribution in [2.45, 2.75) is 44.4 Å². The number of amides is 1. The van der Waals surface area contributed by atoms with Crippen molar-refractivity contribution in [1.29, 1.82) is 0 Å². The Labute approximate surface area is 241 Å². The van der Waals surface area contributed by atoms with Crippen molar-refractivity contribution in [2.75, 3.05) is 66.2 Å². The van der Waals surface area contributed by atoms with Gasteiger partial charge in [0.25, 0.3) is 5.91 Å². The van der Waals surface area contributed by atoms with Gasteiger partial charge in [-0.15, -0.1) is 0 Å². The summed E-state index contributed by atoms with van der Waals surface area (Å²) in [5.41, 5.74) is 0.0243. The molecule has 2 saturated heterocycles. The molecule has 6 nitrogen and oxygen atoms in total. The molecule has 2 fully saturated rings. The van der Waals surface area contributed by atoms with Crippen molar-refractivity contribution in [2.24, 2.45) is 0 Å². The number of morpholine rings is 1. The van der Waals surface area contributed by atoms with Crippen LogP contribution in [0.5, 0.6) is 0 Å². The van der Waals surface area contributed by atoms with E-state index in [2.05, 4.69) is 23.7 Å². The van der Waals surface area contributed by atoms with E-state index in [1.165, 1.54) is 0 Å². The zero-order chi connectivity index (χ0) is 29.7. The van der Waals surface area contributed by atoms with E-state index in [9.17, 15) is 4.79 Å². The van der Waals surface area contributed by atoms with Crippen LogP contribution in [0, 0.1) is 25.7 Å². The van der Waals surface area contributed by atoms with Crippen molar-refractivity contribution in [3.63, 3.8) is 0 Å². The summed E-state index contributed by atoms with van der Waals surface area (Å²) in [7, 11) is 1.65. The van der Waals surface area contributed by atoms with E-state index in [0.717, 1.165) is 16.0 Å². The number of halogens is 3. The molecule has 2 atom stereocenters. The number of nitrogens with zero attached hydrogens (tertiary/aromatic N) is 3. The van der Waals surface area contributed by atoms with Crippen molar-refractivity contribution >= 4 is 5.91 Å². The molecule has 4 rings (SSSR count). The summed E-state index contributed by atoms with van der Waals surface area (Å²) in [6.07, 6.45) is -5.00. The lowest BCUT2D eigenvalue weighted by Gasteiger charge is -2.51. The van der Waals surface area contributed by atoms with Crippen molar-refractivity contribution < 1.29 is 27.4 Å². The number of rotatable bonds is 7. The molecule has 2 heterocycles. The van der Waals surface area contributed by atoms with Crippen LogP contribution in [0.1, 0.15) is 34.0 Å². The zero-order valence-electron chi connectivity index (χ0n) is 24.4. The molecular formula is C32H40F3N3O3. The molecule has 0 aliphatic carbocycles. The Morgan fingerprint density at radius 3 is 2.44 bits per heavy atom. The number of alkyl halides is 3. The van der Waals surface area contributed by atoms with E-state index in [4.69, 9.17) is 9.47 Å². The van der Waals surface area contributed by atoms with Gasteiger partial charge in [-0.25, -0.2) is 0 Å². The van der Waals surface area contributed by atoms with Crippen LogP contribution < -0.4 is 0 Å². The third-order valence-electron chi connectivity index (χ3n) is 8.34. The number of methoxy groups -OCH3 is 1. The minimum Gasteiger partial charge on any atom is -0.383 e. The lowest BCUT2D eigenvalue weighted by Crippen LogP contribution is -2.71. The molecule has 41 heavy (non-hydrogen) atoms. The highest BCUT2D eigenvalue weighted by molar-refractivity contribution is 5.95. The van der Waals surface area contributed by atoms with Gasteiger partial charge in [-0.05, 0) is 49.6 Å². The average molecular weight is 572 g/mol. The number of hydrogen-bond acceptors (Lipinski definition) is 5. The van der Waals surface area contributed by atoms with Gasteiger partial charge in [0.1, 0.15) is 0 Å². The minimum atomic E-state index is -4.67. The quantitative estimate of drug-likeness (QED) is 0.463. The van der Waals surface area contributed by atoms with Crippen LogP contribution in [-0.2, 0) is 15.9 Å².